The number of rotatable bonds is 8. The van der Waals surface area contributed by atoms with Gasteiger partial charge in [0.1, 0.15) is 0 Å². The zero-order valence-corrected chi connectivity index (χ0v) is 19.0. The van der Waals surface area contributed by atoms with Crippen molar-refractivity contribution in [3.05, 3.63) is 95.3 Å². The largest absolute Gasteiger partial charge is 0.377 e. The molecule has 0 saturated heterocycles. The SMILES string of the molecule is Cc1cccc(NC(=O)CSc2nnc(CNc3ccccc3Cl)n2-c2ccccc2)c1. The smallest absolute Gasteiger partial charge is 0.234 e. The number of anilines is 2. The van der Waals surface area contributed by atoms with E-state index in [2.05, 4.69) is 20.8 Å². The van der Waals surface area contributed by atoms with Gasteiger partial charge in [0.15, 0.2) is 11.0 Å². The summed E-state index contributed by atoms with van der Waals surface area (Å²) in [7, 11) is 0. The highest BCUT2D eigenvalue weighted by Gasteiger charge is 2.16. The van der Waals surface area contributed by atoms with E-state index in [1.807, 2.05) is 90.4 Å². The van der Waals surface area contributed by atoms with Crippen LogP contribution in [0, 0.1) is 6.92 Å². The molecule has 8 heteroatoms. The van der Waals surface area contributed by atoms with Crippen LogP contribution in [-0.2, 0) is 11.3 Å². The lowest BCUT2D eigenvalue weighted by molar-refractivity contribution is -0.113. The lowest BCUT2D eigenvalue weighted by Crippen LogP contribution is -2.15. The van der Waals surface area contributed by atoms with Gasteiger partial charge in [-0.25, -0.2) is 0 Å². The number of aryl methyl sites for hydroxylation is 1. The van der Waals surface area contributed by atoms with Crippen LogP contribution in [0.5, 0.6) is 0 Å². The normalized spacial score (nSPS) is 10.7. The molecule has 162 valence electrons. The van der Waals surface area contributed by atoms with Gasteiger partial charge < -0.3 is 10.6 Å². The van der Waals surface area contributed by atoms with Crippen molar-refractivity contribution < 1.29 is 4.79 Å². The van der Waals surface area contributed by atoms with E-state index in [1.54, 1.807) is 0 Å². The van der Waals surface area contributed by atoms with Gasteiger partial charge >= 0.3 is 0 Å². The topological polar surface area (TPSA) is 71.8 Å². The molecule has 2 N–H and O–H groups in total. The van der Waals surface area contributed by atoms with Crippen molar-refractivity contribution in [2.45, 2.75) is 18.6 Å². The van der Waals surface area contributed by atoms with E-state index in [4.69, 9.17) is 11.6 Å². The van der Waals surface area contributed by atoms with Crippen LogP contribution < -0.4 is 10.6 Å². The van der Waals surface area contributed by atoms with E-state index in [0.29, 0.717) is 16.7 Å². The highest BCUT2D eigenvalue weighted by molar-refractivity contribution is 7.99. The number of thioether (sulfide) groups is 1. The second-order valence-electron chi connectivity index (χ2n) is 7.11. The molecule has 0 radical (unpaired) electrons. The van der Waals surface area contributed by atoms with Crippen LogP contribution in [0.1, 0.15) is 11.4 Å². The van der Waals surface area contributed by atoms with Gasteiger partial charge in [-0.15, -0.1) is 10.2 Å². The van der Waals surface area contributed by atoms with Crippen molar-refractivity contribution in [3.63, 3.8) is 0 Å². The quantitative estimate of drug-likeness (QED) is 0.334. The summed E-state index contributed by atoms with van der Waals surface area (Å²) >= 11 is 7.60. The predicted molar refractivity (Wildman–Crippen MR) is 131 cm³/mol. The molecule has 0 saturated carbocycles. The molecular weight excluding hydrogens is 442 g/mol. The molecule has 1 aromatic heterocycles. The Morgan fingerprint density at radius 3 is 2.56 bits per heavy atom. The predicted octanol–water partition coefficient (Wildman–Crippen LogP) is 5.57. The highest BCUT2D eigenvalue weighted by Crippen LogP contribution is 2.25. The number of aromatic nitrogens is 3. The second kappa shape index (κ2) is 10.3. The molecule has 0 atom stereocenters. The number of hydrogen-bond acceptors (Lipinski definition) is 5. The summed E-state index contributed by atoms with van der Waals surface area (Å²) in [5, 5.41) is 16.2. The molecule has 0 aliphatic carbocycles. The fraction of sp³-hybridized carbons (Fsp3) is 0.125. The summed E-state index contributed by atoms with van der Waals surface area (Å²) in [6.07, 6.45) is 0. The van der Waals surface area contributed by atoms with E-state index in [9.17, 15) is 4.79 Å². The van der Waals surface area contributed by atoms with Crippen molar-refractivity contribution in [1.82, 2.24) is 14.8 Å². The molecule has 0 fully saturated rings. The Labute approximate surface area is 196 Å². The first-order chi connectivity index (χ1) is 15.6. The van der Waals surface area contributed by atoms with E-state index >= 15 is 0 Å². The number of para-hydroxylation sites is 2. The summed E-state index contributed by atoms with van der Waals surface area (Å²) in [6.45, 7) is 2.42. The van der Waals surface area contributed by atoms with Crippen LogP contribution in [0.25, 0.3) is 5.69 Å². The average molecular weight is 464 g/mol. The Balaban J connectivity index is 1.50. The average Bonchev–Trinajstić information content (AvgIpc) is 3.20. The summed E-state index contributed by atoms with van der Waals surface area (Å²) in [5.41, 5.74) is 3.62. The van der Waals surface area contributed by atoms with E-state index < -0.39 is 0 Å². The molecule has 1 amide bonds. The van der Waals surface area contributed by atoms with Crippen LogP contribution >= 0.6 is 23.4 Å². The van der Waals surface area contributed by atoms with Crippen molar-refractivity contribution in [2.24, 2.45) is 0 Å². The van der Waals surface area contributed by atoms with Gasteiger partial charge in [0.05, 0.1) is 23.0 Å². The number of nitrogens with one attached hydrogen (secondary N) is 2. The minimum absolute atomic E-state index is 0.0982. The van der Waals surface area contributed by atoms with Crippen LogP contribution in [-0.4, -0.2) is 26.4 Å². The van der Waals surface area contributed by atoms with E-state index in [0.717, 1.165) is 28.5 Å². The summed E-state index contributed by atoms with van der Waals surface area (Å²) < 4.78 is 1.95. The maximum atomic E-state index is 12.5. The lowest BCUT2D eigenvalue weighted by Gasteiger charge is -2.12. The maximum absolute atomic E-state index is 12.5. The van der Waals surface area contributed by atoms with Gasteiger partial charge in [0.2, 0.25) is 5.91 Å². The first-order valence-corrected chi connectivity index (χ1v) is 11.4. The number of carbonyl (C=O) groups is 1. The van der Waals surface area contributed by atoms with E-state index in [1.165, 1.54) is 11.8 Å². The highest BCUT2D eigenvalue weighted by atomic mass is 35.5. The molecule has 4 aromatic rings. The van der Waals surface area contributed by atoms with Crippen molar-refractivity contribution >= 4 is 40.6 Å². The molecule has 0 aliphatic heterocycles. The third-order valence-electron chi connectivity index (χ3n) is 4.66. The molecule has 3 aromatic carbocycles. The minimum Gasteiger partial charge on any atom is -0.377 e. The van der Waals surface area contributed by atoms with Crippen LogP contribution in [0.15, 0.2) is 84.0 Å². The standard InChI is InChI=1S/C24H22ClN5OS/c1-17-8-7-9-18(14-17)27-23(31)16-32-24-29-28-22(30(24)19-10-3-2-4-11-19)15-26-21-13-6-5-12-20(21)25/h2-14,26H,15-16H2,1H3,(H,27,31). The van der Waals surface area contributed by atoms with Crippen molar-refractivity contribution in [3.8, 4) is 5.69 Å². The van der Waals surface area contributed by atoms with E-state index in [-0.39, 0.29) is 11.7 Å². The number of nitrogens with zero attached hydrogens (tertiary/aromatic N) is 3. The van der Waals surface area contributed by atoms with Gasteiger partial charge in [-0.2, -0.15) is 0 Å². The molecule has 32 heavy (non-hydrogen) atoms. The molecule has 4 rings (SSSR count). The van der Waals surface area contributed by atoms with Gasteiger partial charge in [-0.3, -0.25) is 9.36 Å². The van der Waals surface area contributed by atoms with Crippen LogP contribution in [0.4, 0.5) is 11.4 Å². The van der Waals surface area contributed by atoms with Crippen LogP contribution in [0.2, 0.25) is 5.02 Å². The second-order valence-corrected chi connectivity index (χ2v) is 8.46. The zero-order valence-electron chi connectivity index (χ0n) is 17.5. The molecule has 0 bridgehead atoms. The Bertz CT molecular complexity index is 1210. The van der Waals surface area contributed by atoms with Gasteiger partial charge in [-0.1, -0.05) is 65.8 Å². The molecule has 0 spiro atoms. The molecule has 6 nitrogen and oxygen atoms in total. The van der Waals surface area contributed by atoms with Gasteiger partial charge in [0.25, 0.3) is 0 Å². The summed E-state index contributed by atoms with van der Waals surface area (Å²) in [4.78, 5) is 12.5. The minimum atomic E-state index is -0.0982. The Kier molecular flexibility index (Phi) is 7.09. The maximum Gasteiger partial charge on any atom is 0.234 e. The molecular formula is C24H22ClN5OS. The fourth-order valence-corrected chi connectivity index (χ4v) is 4.15. The Hall–Kier alpha value is -3.29. The van der Waals surface area contributed by atoms with Gasteiger partial charge in [0, 0.05) is 11.4 Å². The van der Waals surface area contributed by atoms with Crippen LogP contribution in [0.3, 0.4) is 0 Å². The zero-order chi connectivity index (χ0) is 22.3. The number of halogens is 1. The fourth-order valence-electron chi connectivity index (χ4n) is 3.17. The number of hydrogen-bond donors (Lipinski definition) is 2. The number of carbonyl (C=O) groups excluding carboxylic acids is 1. The Morgan fingerprint density at radius 2 is 1.78 bits per heavy atom. The lowest BCUT2D eigenvalue weighted by atomic mass is 10.2. The summed E-state index contributed by atoms with van der Waals surface area (Å²) in [5.74, 6) is 0.841. The first-order valence-electron chi connectivity index (χ1n) is 10.1. The number of amides is 1. The van der Waals surface area contributed by atoms with Gasteiger partial charge in [-0.05, 0) is 48.9 Å². The molecule has 0 unspecified atom stereocenters. The van der Waals surface area contributed by atoms with Crippen molar-refractivity contribution in [2.75, 3.05) is 16.4 Å². The summed E-state index contributed by atoms with van der Waals surface area (Å²) in [6, 6.07) is 25.1. The first kappa shape index (κ1) is 21.9. The van der Waals surface area contributed by atoms with Crippen molar-refractivity contribution in [1.29, 1.82) is 0 Å². The monoisotopic (exact) mass is 463 g/mol. The Morgan fingerprint density at radius 1 is 1.00 bits per heavy atom. The molecule has 0 aliphatic rings. The molecule has 1 heterocycles. The third kappa shape index (κ3) is 5.49. The third-order valence-corrected chi connectivity index (χ3v) is 5.92. The number of benzene rings is 3.